The molecule has 6 nitrogen and oxygen atoms in total. The van der Waals surface area contributed by atoms with E-state index in [0.717, 1.165) is 16.9 Å². The van der Waals surface area contributed by atoms with Crippen LogP contribution in [0.15, 0.2) is 66.7 Å². The Labute approximate surface area is 203 Å². The van der Waals surface area contributed by atoms with Crippen molar-refractivity contribution in [3.8, 4) is 5.75 Å². The second kappa shape index (κ2) is 13.9. The molecule has 34 heavy (non-hydrogen) atoms. The number of nitrogens with zero attached hydrogens (tertiary/aromatic N) is 1. The Hall–Kier alpha value is -2.67. The molecule has 0 bridgehead atoms. The largest absolute Gasteiger partial charge is 0.497 e. The molecule has 0 saturated heterocycles. The number of carbonyl (C=O) groups is 1. The summed E-state index contributed by atoms with van der Waals surface area (Å²) in [7, 11) is 3.31. The van der Waals surface area contributed by atoms with E-state index in [2.05, 4.69) is 0 Å². The van der Waals surface area contributed by atoms with E-state index in [1.54, 1.807) is 21.1 Å². The molecular formula is C28H39NO5. The highest BCUT2D eigenvalue weighted by atomic mass is 16.5. The van der Waals surface area contributed by atoms with Gasteiger partial charge in [0, 0.05) is 7.05 Å². The summed E-state index contributed by atoms with van der Waals surface area (Å²) in [6, 6.07) is 16.6. The van der Waals surface area contributed by atoms with Gasteiger partial charge in [0.2, 0.25) is 5.91 Å². The SMILES string of the molecule is COc1ccc(COC/C=C\C[C@@H](C)[C@@H](O)[C@H](C)C(=O)N(C)[C@H](C)[C@H](O)c2ccccc2)cc1. The van der Waals surface area contributed by atoms with Crippen LogP contribution in [0.2, 0.25) is 0 Å². The molecule has 2 rings (SSSR count). The molecule has 2 aromatic rings. The molecule has 0 unspecified atom stereocenters. The van der Waals surface area contributed by atoms with Gasteiger partial charge < -0.3 is 24.6 Å². The van der Waals surface area contributed by atoms with Crippen molar-refractivity contribution in [2.24, 2.45) is 11.8 Å². The van der Waals surface area contributed by atoms with Gasteiger partial charge in [-0.25, -0.2) is 0 Å². The van der Waals surface area contributed by atoms with Gasteiger partial charge in [-0.1, -0.05) is 68.5 Å². The van der Waals surface area contributed by atoms with Gasteiger partial charge >= 0.3 is 0 Å². The number of likely N-dealkylation sites (N-methyl/N-ethyl adjacent to an activating group) is 1. The predicted molar refractivity (Wildman–Crippen MR) is 134 cm³/mol. The lowest BCUT2D eigenvalue weighted by Gasteiger charge is -2.33. The fourth-order valence-corrected chi connectivity index (χ4v) is 3.79. The Bertz CT molecular complexity index is 883. The highest BCUT2D eigenvalue weighted by molar-refractivity contribution is 5.79. The van der Waals surface area contributed by atoms with Gasteiger partial charge in [-0.2, -0.15) is 0 Å². The first-order valence-electron chi connectivity index (χ1n) is 11.8. The molecule has 0 fully saturated rings. The van der Waals surface area contributed by atoms with E-state index < -0.39 is 24.2 Å². The van der Waals surface area contributed by atoms with E-state index in [1.165, 1.54) is 4.90 Å². The number of carbonyl (C=O) groups excluding carboxylic acids is 1. The van der Waals surface area contributed by atoms with Gasteiger partial charge in [-0.05, 0) is 42.5 Å². The van der Waals surface area contributed by atoms with Crippen LogP contribution in [0.3, 0.4) is 0 Å². The normalized spacial score (nSPS) is 16.0. The summed E-state index contributed by atoms with van der Waals surface area (Å²) in [6.07, 6.45) is 2.96. The lowest BCUT2D eigenvalue weighted by molar-refractivity contribution is -0.142. The van der Waals surface area contributed by atoms with Crippen LogP contribution in [0.4, 0.5) is 0 Å². The van der Waals surface area contributed by atoms with Crippen molar-refractivity contribution in [1.29, 1.82) is 0 Å². The van der Waals surface area contributed by atoms with E-state index >= 15 is 0 Å². The van der Waals surface area contributed by atoms with Gasteiger partial charge in [-0.15, -0.1) is 0 Å². The van der Waals surface area contributed by atoms with E-state index in [0.29, 0.717) is 19.6 Å². The first-order valence-corrected chi connectivity index (χ1v) is 11.8. The standard InChI is InChI=1S/C28H39NO5/c1-20(11-9-10-18-34-19-23-14-16-25(33-5)17-15-23)26(30)21(2)28(32)29(4)22(3)27(31)24-12-7-6-8-13-24/h6-10,12-17,20-22,26-27,30-31H,11,18-19H2,1-5H3/b10-9-/t20-,21+,22-,26-,27+/m1/s1. The first kappa shape index (κ1) is 27.6. The van der Waals surface area contributed by atoms with Gasteiger partial charge in [0.15, 0.2) is 0 Å². The predicted octanol–water partition coefficient (Wildman–Crippen LogP) is 4.37. The monoisotopic (exact) mass is 469 g/mol. The molecule has 0 spiro atoms. The Morgan fingerprint density at radius 2 is 1.65 bits per heavy atom. The number of rotatable bonds is 13. The molecule has 0 heterocycles. The van der Waals surface area contributed by atoms with Crippen molar-refractivity contribution >= 4 is 5.91 Å². The van der Waals surface area contributed by atoms with Gasteiger partial charge in [-0.3, -0.25) is 4.79 Å². The summed E-state index contributed by atoms with van der Waals surface area (Å²) < 4.78 is 10.8. The number of benzene rings is 2. The summed E-state index contributed by atoms with van der Waals surface area (Å²) in [6.45, 7) is 6.47. The fraction of sp³-hybridized carbons (Fsp3) is 0.464. The fourth-order valence-electron chi connectivity index (χ4n) is 3.79. The number of hydrogen-bond donors (Lipinski definition) is 2. The van der Waals surface area contributed by atoms with Crippen LogP contribution < -0.4 is 4.74 Å². The van der Waals surface area contributed by atoms with Crippen LogP contribution in [0.5, 0.6) is 5.75 Å². The van der Waals surface area contributed by atoms with Crippen LogP contribution in [-0.4, -0.2) is 53.9 Å². The Balaban J connectivity index is 1.77. The van der Waals surface area contributed by atoms with Gasteiger partial charge in [0.05, 0.1) is 44.5 Å². The maximum atomic E-state index is 13.0. The summed E-state index contributed by atoms with van der Waals surface area (Å²) in [5, 5.41) is 21.4. The van der Waals surface area contributed by atoms with Crippen molar-refractivity contribution in [3.63, 3.8) is 0 Å². The maximum Gasteiger partial charge on any atom is 0.228 e. The molecule has 2 N–H and O–H groups in total. The molecule has 0 saturated carbocycles. The first-order chi connectivity index (χ1) is 16.3. The van der Waals surface area contributed by atoms with Gasteiger partial charge in [0.25, 0.3) is 0 Å². The van der Waals surface area contributed by atoms with E-state index in [4.69, 9.17) is 9.47 Å². The minimum atomic E-state index is -0.794. The number of aliphatic hydroxyl groups excluding tert-OH is 2. The molecule has 0 aliphatic heterocycles. The van der Waals surface area contributed by atoms with Gasteiger partial charge in [0.1, 0.15) is 5.75 Å². The molecule has 0 aliphatic rings. The number of aliphatic hydroxyl groups is 2. The Kier molecular flexibility index (Phi) is 11.3. The number of amides is 1. The average Bonchev–Trinajstić information content (AvgIpc) is 2.88. The molecule has 1 amide bonds. The zero-order valence-corrected chi connectivity index (χ0v) is 20.9. The summed E-state index contributed by atoms with van der Waals surface area (Å²) in [5.41, 5.74) is 1.83. The minimum Gasteiger partial charge on any atom is -0.497 e. The van der Waals surface area contributed by atoms with E-state index in [9.17, 15) is 15.0 Å². The van der Waals surface area contributed by atoms with Crippen molar-refractivity contribution in [1.82, 2.24) is 4.90 Å². The summed E-state index contributed by atoms with van der Waals surface area (Å²) in [4.78, 5) is 14.5. The van der Waals surface area contributed by atoms with E-state index in [1.807, 2.05) is 80.6 Å². The highest BCUT2D eigenvalue weighted by Gasteiger charge is 2.32. The third kappa shape index (κ3) is 7.97. The second-order valence-corrected chi connectivity index (χ2v) is 8.87. The lowest BCUT2D eigenvalue weighted by atomic mass is 9.89. The third-order valence-electron chi connectivity index (χ3n) is 6.36. The number of methoxy groups -OCH3 is 1. The Morgan fingerprint density at radius 1 is 1.00 bits per heavy atom. The molecule has 0 aliphatic carbocycles. The van der Waals surface area contributed by atoms with Crippen LogP contribution in [-0.2, 0) is 16.1 Å². The van der Waals surface area contributed by atoms with Crippen LogP contribution in [0, 0.1) is 11.8 Å². The number of allylic oxidation sites excluding steroid dienone is 1. The summed E-state index contributed by atoms with van der Waals surface area (Å²) in [5.74, 6) is -0.0461. The van der Waals surface area contributed by atoms with Crippen molar-refractivity contribution in [2.75, 3.05) is 20.8 Å². The topological polar surface area (TPSA) is 79.2 Å². The molecule has 2 aromatic carbocycles. The zero-order chi connectivity index (χ0) is 25.1. The molecule has 6 heteroatoms. The van der Waals surface area contributed by atoms with E-state index in [-0.39, 0.29) is 11.8 Å². The molecular weight excluding hydrogens is 430 g/mol. The zero-order valence-electron chi connectivity index (χ0n) is 20.9. The maximum absolute atomic E-state index is 13.0. The smallest absolute Gasteiger partial charge is 0.228 e. The van der Waals surface area contributed by atoms with Crippen molar-refractivity contribution in [2.45, 2.75) is 52.0 Å². The summed E-state index contributed by atoms with van der Waals surface area (Å²) >= 11 is 0. The van der Waals surface area contributed by atoms with Crippen molar-refractivity contribution in [3.05, 3.63) is 77.9 Å². The number of hydrogen-bond acceptors (Lipinski definition) is 5. The quantitative estimate of drug-likeness (QED) is 0.336. The third-order valence-corrected chi connectivity index (χ3v) is 6.36. The molecule has 186 valence electrons. The van der Waals surface area contributed by atoms with Crippen molar-refractivity contribution < 1.29 is 24.5 Å². The highest BCUT2D eigenvalue weighted by Crippen LogP contribution is 2.24. The second-order valence-electron chi connectivity index (χ2n) is 8.87. The number of ether oxygens (including phenoxy) is 2. The molecule has 0 aromatic heterocycles. The Morgan fingerprint density at radius 3 is 2.26 bits per heavy atom. The van der Waals surface area contributed by atoms with Crippen LogP contribution in [0.1, 0.15) is 44.4 Å². The van der Waals surface area contributed by atoms with Crippen LogP contribution in [0.25, 0.3) is 0 Å². The lowest BCUT2D eigenvalue weighted by Crippen LogP contribution is -2.45. The molecule has 5 atom stereocenters. The molecule has 0 radical (unpaired) electrons. The van der Waals surface area contributed by atoms with Crippen LogP contribution >= 0.6 is 0 Å². The minimum absolute atomic E-state index is 0.0976. The average molecular weight is 470 g/mol.